The Morgan fingerprint density at radius 3 is 2.94 bits per heavy atom. The van der Waals surface area contributed by atoms with Crippen LogP contribution >= 0.6 is 11.6 Å². The van der Waals surface area contributed by atoms with Crippen molar-refractivity contribution >= 4 is 22.9 Å². The summed E-state index contributed by atoms with van der Waals surface area (Å²) in [4.78, 5) is 6.61. The molecule has 0 unspecified atom stereocenters. The van der Waals surface area contributed by atoms with Crippen molar-refractivity contribution in [2.24, 2.45) is 0 Å². The van der Waals surface area contributed by atoms with Crippen LogP contribution in [0.5, 0.6) is 0 Å². The van der Waals surface area contributed by atoms with Crippen LogP contribution in [-0.4, -0.2) is 33.1 Å². The number of hydrogen-bond donors (Lipinski definition) is 0. The molecule has 0 amide bonds. The van der Waals surface area contributed by atoms with Crippen molar-refractivity contribution in [3.05, 3.63) is 24.7 Å². The average Bonchev–Trinajstić information content (AvgIpc) is 2.73. The minimum Gasteiger partial charge on any atom is -0.351 e. The lowest BCUT2D eigenvalue weighted by molar-refractivity contribution is 0.695. The van der Waals surface area contributed by atoms with Gasteiger partial charge in [-0.15, -0.1) is 11.6 Å². The van der Waals surface area contributed by atoms with E-state index in [1.165, 1.54) is 0 Å². The molecule has 2 aromatic rings. The lowest BCUT2D eigenvalue weighted by Gasteiger charge is -2.27. The zero-order chi connectivity index (χ0) is 11.5. The molecule has 0 saturated heterocycles. The van der Waals surface area contributed by atoms with Gasteiger partial charge in [0.15, 0.2) is 5.82 Å². The Bertz CT molecular complexity index is 466. The summed E-state index contributed by atoms with van der Waals surface area (Å²) in [5, 5.41) is 4.20. The van der Waals surface area contributed by atoms with E-state index in [0.29, 0.717) is 11.9 Å². The molecule has 0 bridgehead atoms. The van der Waals surface area contributed by atoms with Gasteiger partial charge in [-0.2, -0.15) is 5.10 Å². The lowest BCUT2D eigenvalue weighted by Crippen LogP contribution is -2.33. The molecule has 0 aromatic carbocycles. The number of nitrogens with zero attached hydrogens (tertiary/aromatic N) is 4. The monoisotopic (exact) mass is 238 g/mol. The summed E-state index contributed by atoms with van der Waals surface area (Å²) < 4.78 is 1.83. The summed E-state index contributed by atoms with van der Waals surface area (Å²) in [6.45, 7) is 5.05. The van der Waals surface area contributed by atoms with E-state index in [2.05, 4.69) is 28.8 Å². The Labute approximate surface area is 99.8 Å². The fraction of sp³-hybridized carbons (Fsp3) is 0.455. The third kappa shape index (κ3) is 1.97. The molecule has 2 rings (SSSR count). The lowest BCUT2D eigenvalue weighted by atomic mass is 10.3. The normalized spacial score (nSPS) is 11.2. The molecule has 2 aromatic heterocycles. The number of anilines is 1. The van der Waals surface area contributed by atoms with E-state index < -0.39 is 0 Å². The maximum absolute atomic E-state index is 5.82. The maximum atomic E-state index is 5.82. The Morgan fingerprint density at radius 2 is 2.25 bits per heavy atom. The zero-order valence-corrected chi connectivity index (χ0v) is 10.2. The van der Waals surface area contributed by atoms with Crippen LogP contribution in [0, 0.1) is 0 Å². The van der Waals surface area contributed by atoms with Crippen molar-refractivity contribution in [1.82, 2.24) is 14.6 Å². The predicted molar refractivity (Wildman–Crippen MR) is 66.2 cm³/mol. The summed E-state index contributed by atoms with van der Waals surface area (Å²) in [6.07, 6.45) is 5.39. The summed E-state index contributed by atoms with van der Waals surface area (Å²) in [6, 6.07) is 2.33. The van der Waals surface area contributed by atoms with E-state index in [4.69, 9.17) is 11.6 Å². The molecule has 16 heavy (non-hydrogen) atoms. The third-order valence-corrected chi connectivity index (χ3v) is 2.69. The molecule has 0 aliphatic carbocycles. The predicted octanol–water partition coefficient (Wildman–Crippen LogP) is 2.18. The zero-order valence-electron chi connectivity index (χ0n) is 9.47. The fourth-order valence-corrected chi connectivity index (χ4v) is 1.95. The maximum Gasteiger partial charge on any atom is 0.154 e. The van der Waals surface area contributed by atoms with E-state index in [1.54, 1.807) is 12.4 Å². The first kappa shape index (κ1) is 11.2. The number of rotatable bonds is 4. The van der Waals surface area contributed by atoms with Crippen molar-refractivity contribution in [2.75, 3.05) is 17.3 Å². The summed E-state index contributed by atoms with van der Waals surface area (Å²) in [5.41, 5.74) is 1.02. The standard InChI is InChI=1S/C11H15ClN4/c1-9(2)15(7-4-12)11-10-3-5-14-16(10)8-6-13-11/h3,5-6,8-9H,4,7H2,1-2H3. The second-order valence-corrected chi connectivity index (χ2v) is 4.27. The molecule has 0 aliphatic heterocycles. The molecular weight excluding hydrogens is 224 g/mol. The van der Waals surface area contributed by atoms with Gasteiger partial charge in [0.2, 0.25) is 0 Å². The highest BCUT2D eigenvalue weighted by Gasteiger charge is 2.14. The van der Waals surface area contributed by atoms with Gasteiger partial charge in [-0.25, -0.2) is 9.50 Å². The second-order valence-electron chi connectivity index (χ2n) is 3.89. The van der Waals surface area contributed by atoms with Gasteiger partial charge in [0.1, 0.15) is 5.52 Å². The van der Waals surface area contributed by atoms with Crippen molar-refractivity contribution in [1.29, 1.82) is 0 Å². The molecule has 86 valence electrons. The molecular formula is C11H15ClN4. The highest BCUT2D eigenvalue weighted by Crippen LogP contribution is 2.20. The Morgan fingerprint density at radius 1 is 1.44 bits per heavy atom. The van der Waals surface area contributed by atoms with Gasteiger partial charge in [0.25, 0.3) is 0 Å². The highest BCUT2D eigenvalue weighted by molar-refractivity contribution is 6.18. The first-order chi connectivity index (χ1) is 7.74. The first-order valence-corrected chi connectivity index (χ1v) is 5.88. The molecule has 5 heteroatoms. The highest BCUT2D eigenvalue weighted by atomic mass is 35.5. The van der Waals surface area contributed by atoms with Crippen LogP contribution in [0.4, 0.5) is 5.82 Å². The van der Waals surface area contributed by atoms with Crippen LogP contribution in [0.25, 0.3) is 5.52 Å². The van der Waals surface area contributed by atoms with Gasteiger partial charge in [0.05, 0.1) is 6.20 Å². The molecule has 4 nitrogen and oxygen atoms in total. The van der Waals surface area contributed by atoms with Crippen LogP contribution in [0.3, 0.4) is 0 Å². The first-order valence-electron chi connectivity index (χ1n) is 5.35. The van der Waals surface area contributed by atoms with Gasteiger partial charge in [-0.1, -0.05) is 0 Å². The van der Waals surface area contributed by atoms with Crippen LogP contribution in [0.1, 0.15) is 13.8 Å². The molecule has 0 radical (unpaired) electrons. The molecule has 2 heterocycles. The SMILES string of the molecule is CC(C)N(CCCl)c1nccn2nccc12. The van der Waals surface area contributed by atoms with Gasteiger partial charge >= 0.3 is 0 Å². The average molecular weight is 239 g/mol. The van der Waals surface area contributed by atoms with Crippen LogP contribution in [-0.2, 0) is 0 Å². The number of hydrogen-bond acceptors (Lipinski definition) is 3. The van der Waals surface area contributed by atoms with E-state index >= 15 is 0 Å². The summed E-state index contributed by atoms with van der Waals surface area (Å²) in [5.74, 6) is 1.53. The molecule has 0 N–H and O–H groups in total. The second kappa shape index (κ2) is 4.70. The van der Waals surface area contributed by atoms with Gasteiger partial charge in [0, 0.05) is 30.9 Å². The van der Waals surface area contributed by atoms with Crippen molar-refractivity contribution < 1.29 is 0 Å². The quantitative estimate of drug-likeness (QED) is 0.766. The molecule has 0 aliphatic rings. The summed E-state index contributed by atoms with van der Waals surface area (Å²) in [7, 11) is 0. The van der Waals surface area contributed by atoms with Crippen LogP contribution < -0.4 is 4.90 Å². The van der Waals surface area contributed by atoms with E-state index in [1.807, 2.05) is 16.8 Å². The molecule has 0 atom stereocenters. The van der Waals surface area contributed by atoms with E-state index in [-0.39, 0.29) is 0 Å². The van der Waals surface area contributed by atoms with E-state index in [0.717, 1.165) is 17.9 Å². The number of aromatic nitrogens is 3. The van der Waals surface area contributed by atoms with Crippen molar-refractivity contribution in [2.45, 2.75) is 19.9 Å². The number of halogens is 1. The molecule has 0 spiro atoms. The molecule has 0 fully saturated rings. The van der Waals surface area contributed by atoms with Crippen LogP contribution in [0.15, 0.2) is 24.7 Å². The van der Waals surface area contributed by atoms with Crippen molar-refractivity contribution in [3.8, 4) is 0 Å². The van der Waals surface area contributed by atoms with Gasteiger partial charge in [-0.05, 0) is 19.9 Å². The smallest absolute Gasteiger partial charge is 0.154 e. The van der Waals surface area contributed by atoms with Gasteiger partial charge in [-0.3, -0.25) is 0 Å². The van der Waals surface area contributed by atoms with Gasteiger partial charge < -0.3 is 4.90 Å². The Kier molecular flexibility index (Phi) is 3.29. The summed E-state index contributed by atoms with van der Waals surface area (Å²) >= 11 is 5.82. The molecule has 0 saturated carbocycles. The largest absolute Gasteiger partial charge is 0.351 e. The number of alkyl halides is 1. The minimum absolute atomic E-state index is 0.368. The number of fused-ring (bicyclic) bond motifs is 1. The topological polar surface area (TPSA) is 33.4 Å². The van der Waals surface area contributed by atoms with Crippen molar-refractivity contribution in [3.63, 3.8) is 0 Å². The fourth-order valence-electron chi connectivity index (χ4n) is 1.76. The Balaban J connectivity index is 2.47. The minimum atomic E-state index is 0.368. The van der Waals surface area contributed by atoms with E-state index in [9.17, 15) is 0 Å². The Hall–Kier alpha value is -1.29. The third-order valence-electron chi connectivity index (χ3n) is 2.52. The van der Waals surface area contributed by atoms with Crippen LogP contribution in [0.2, 0.25) is 0 Å².